The van der Waals surface area contributed by atoms with Crippen molar-refractivity contribution in [2.75, 3.05) is 0 Å². The van der Waals surface area contributed by atoms with Crippen LogP contribution in [0.3, 0.4) is 0 Å². The van der Waals surface area contributed by atoms with E-state index in [4.69, 9.17) is 12.2 Å². The summed E-state index contributed by atoms with van der Waals surface area (Å²) in [6.07, 6.45) is 3.26. The van der Waals surface area contributed by atoms with Crippen molar-refractivity contribution in [3.8, 4) is 11.4 Å². The minimum Gasteiger partial charge on any atom is -0.303 e. The average molecular weight is 193 g/mol. The second-order valence-electron chi connectivity index (χ2n) is 2.54. The van der Waals surface area contributed by atoms with Crippen molar-refractivity contribution < 1.29 is 0 Å². The van der Waals surface area contributed by atoms with Crippen LogP contribution in [-0.2, 0) is 7.05 Å². The molecule has 0 aliphatic carbocycles. The molecule has 1 N–H and O–H groups in total. The van der Waals surface area contributed by atoms with Gasteiger partial charge in [0.1, 0.15) is 0 Å². The lowest BCUT2D eigenvalue weighted by molar-refractivity contribution is 0.898. The second-order valence-corrected chi connectivity index (χ2v) is 2.93. The monoisotopic (exact) mass is 193 g/mol. The Morgan fingerprint density at radius 3 is 2.85 bits per heavy atom. The highest BCUT2D eigenvalue weighted by molar-refractivity contribution is 7.71. The van der Waals surface area contributed by atoms with Gasteiger partial charge in [0.2, 0.25) is 0 Å². The van der Waals surface area contributed by atoms with Crippen molar-refractivity contribution in [3.63, 3.8) is 0 Å². The minimum absolute atomic E-state index is 0.590. The molecule has 6 heteroatoms. The SMILES string of the molecule is Cn1c(-c2ccnnc2)n[nH]c1=S. The van der Waals surface area contributed by atoms with Gasteiger partial charge < -0.3 is 4.57 Å². The molecule has 0 saturated heterocycles. The molecular weight excluding hydrogens is 186 g/mol. The molecule has 0 spiro atoms. The Morgan fingerprint density at radius 2 is 2.31 bits per heavy atom. The first-order chi connectivity index (χ1) is 6.29. The van der Waals surface area contributed by atoms with Gasteiger partial charge in [-0.1, -0.05) is 0 Å². The molecule has 0 aromatic carbocycles. The first-order valence-electron chi connectivity index (χ1n) is 3.67. The molecule has 13 heavy (non-hydrogen) atoms. The summed E-state index contributed by atoms with van der Waals surface area (Å²) in [5, 5.41) is 14.2. The number of aromatic nitrogens is 5. The van der Waals surface area contributed by atoms with Crippen molar-refractivity contribution in [3.05, 3.63) is 23.2 Å². The van der Waals surface area contributed by atoms with Crippen molar-refractivity contribution in [1.82, 2.24) is 25.0 Å². The summed E-state index contributed by atoms with van der Waals surface area (Å²) in [6.45, 7) is 0. The number of nitrogens with one attached hydrogen (secondary N) is 1. The highest BCUT2D eigenvalue weighted by Crippen LogP contribution is 2.12. The molecule has 0 aliphatic heterocycles. The van der Waals surface area contributed by atoms with Crippen LogP contribution in [0.25, 0.3) is 11.4 Å². The van der Waals surface area contributed by atoms with Crippen LogP contribution in [-0.4, -0.2) is 25.0 Å². The van der Waals surface area contributed by atoms with Crippen LogP contribution in [0, 0.1) is 4.77 Å². The van der Waals surface area contributed by atoms with Crippen LogP contribution in [0.4, 0.5) is 0 Å². The van der Waals surface area contributed by atoms with E-state index < -0.39 is 0 Å². The predicted molar refractivity (Wildman–Crippen MR) is 49.4 cm³/mol. The van der Waals surface area contributed by atoms with Gasteiger partial charge in [-0.25, -0.2) is 0 Å². The highest BCUT2D eigenvalue weighted by Gasteiger charge is 2.04. The van der Waals surface area contributed by atoms with Gasteiger partial charge in [0, 0.05) is 12.6 Å². The lowest BCUT2D eigenvalue weighted by atomic mass is 10.3. The molecule has 2 rings (SSSR count). The van der Waals surface area contributed by atoms with E-state index in [0.717, 1.165) is 11.4 Å². The third kappa shape index (κ3) is 1.35. The third-order valence-electron chi connectivity index (χ3n) is 1.72. The zero-order valence-corrected chi connectivity index (χ0v) is 7.75. The fraction of sp³-hybridized carbons (Fsp3) is 0.143. The maximum atomic E-state index is 4.98. The molecule has 5 nitrogen and oxygen atoms in total. The Morgan fingerprint density at radius 1 is 1.46 bits per heavy atom. The van der Waals surface area contributed by atoms with Crippen LogP contribution in [0.15, 0.2) is 18.5 Å². The Hall–Kier alpha value is -1.56. The predicted octanol–water partition coefficient (Wildman–Crippen LogP) is 0.935. The number of H-pyrrole nitrogens is 1. The third-order valence-corrected chi connectivity index (χ3v) is 2.09. The molecule has 0 amide bonds. The summed E-state index contributed by atoms with van der Waals surface area (Å²) in [4.78, 5) is 0. The van der Waals surface area contributed by atoms with E-state index in [2.05, 4.69) is 20.4 Å². The van der Waals surface area contributed by atoms with Gasteiger partial charge >= 0.3 is 0 Å². The van der Waals surface area contributed by atoms with E-state index >= 15 is 0 Å². The Labute approximate surface area is 79.4 Å². The molecule has 66 valence electrons. The molecule has 2 aromatic heterocycles. The number of rotatable bonds is 1. The molecule has 0 saturated carbocycles. The quantitative estimate of drug-likeness (QED) is 0.684. The molecule has 0 fully saturated rings. The molecule has 2 heterocycles. The molecule has 2 aromatic rings. The molecule has 0 unspecified atom stereocenters. The van der Waals surface area contributed by atoms with Gasteiger partial charge in [-0.15, -0.1) is 0 Å². The number of aromatic amines is 1. The van der Waals surface area contributed by atoms with Crippen LogP contribution in [0.1, 0.15) is 0 Å². The van der Waals surface area contributed by atoms with E-state index in [1.807, 2.05) is 13.1 Å². The summed E-state index contributed by atoms with van der Waals surface area (Å²) in [5.41, 5.74) is 0.893. The first-order valence-corrected chi connectivity index (χ1v) is 4.08. The second kappa shape index (κ2) is 3.06. The van der Waals surface area contributed by atoms with E-state index in [1.165, 1.54) is 0 Å². The standard InChI is InChI=1S/C7H7N5S/c1-12-6(10-11-7(12)13)5-2-3-8-9-4-5/h2-4H,1H3,(H,11,13). The Kier molecular flexibility index (Phi) is 1.90. The van der Waals surface area contributed by atoms with E-state index in [9.17, 15) is 0 Å². The van der Waals surface area contributed by atoms with Gasteiger partial charge in [0.05, 0.1) is 12.4 Å². The van der Waals surface area contributed by atoms with E-state index in [1.54, 1.807) is 17.0 Å². The molecule has 0 atom stereocenters. The maximum absolute atomic E-state index is 4.98. The normalized spacial score (nSPS) is 10.2. The van der Waals surface area contributed by atoms with Crippen LogP contribution >= 0.6 is 12.2 Å². The molecule has 0 radical (unpaired) electrons. The smallest absolute Gasteiger partial charge is 0.195 e. The van der Waals surface area contributed by atoms with Crippen LogP contribution < -0.4 is 0 Å². The first kappa shape index (κ1) is 8.06. The zero-order valence-electron chi connectivity index (χ0n) is 6.93. The largest absolute Gasteiger partial charge is 0.303 e. The Balaban J connectivity index is 2.60. The Bertz CT molecular complexity index is 457. The minimum atomic E-state index is 0.590. The van der Waals surface area contributed by atoms with Gasteiger partial charge in [0.25, 0.3) is 0 Å². The van der Waals surface area contributed by atoms with Crippen molar-refractivity contribution >= 4 is 12.2 Å². The molecule has 0 aliphatic rings. The van der Waals surface area contributed by atoms with Crippen molar-refractivity contribution in [1.29, 1.82) is 0 Å². The fourth-order valence-electron chi connectivity index (χ4n) is 1.03. The maximum Gasteiger partial charge on any atom is 0.195 e. The lowest BCUT2D eigenvalue weighted by Gasteiger charge is -1.97. The van der Waals surface area contributed by atoms with Gasteiger partial charge in [-0.05, 0) is 18.3 Å². The topological polar surface area (TPSA) is 59.4 Å². The summed E-state index contributed by atoms with van der Waals surface area (Å²) < 4.78 is 2.37. The summed E-state index contributed by atoms with van der Waals surface area (Å²) >= 11 is 4.98. The molecular formula is C7H7N5S. The van der Waals surface area contributed by atoms with E-state index in [-0.39, 0.29) is 0 Å². The fourth-order valence-corrected chi connectivity index (χ4v) is 1.16. The number of hydrogen-bond acceptors (Lipinski definition) is 4. The lowest BCUT2D eigenvalue weighted by Crippen LogP contribution is -1.93. The number of hydrogen-bond donors (Lipinski definition) is 1. The zero-order chi connectivity index (χ0) is 9.26. The number of nitrogens with zero attached hydrogens (tertiary/aromatic N) is 4. The van der Waals surface area contributed by atoms with E-state index in [0.29, 0.717) is 4.77 Å². The van der Waals surface area contributed by atoms with Gasteiger partial charge in [-0.3, -0.25) is 5.10 Å². The van der Waals surface area contributed by atoms with Crippen LogP contribution in [0.5, 0.6) is 0 Å². The van der Waals surface area contributed by atoms with Crippen molar-refractivity contribution in [2.24, 2.45) is 7.05 Å². The van der Waals surface area contributed by atoms with Gasteiger partial charge in [-0.2, -0.15) is 15.3 Å². The highest BCUT2D eigenvalue weighted by atomic mass is 32.1. The summed E-state index contributed by atoms with van der Waals surface area (Å²) in [6, 6.07) is 1.83. The van der Waals surface area contributed by atoms with Crippen molar-refractivity contribution in [2.45, 2.75) is 0 Å². The summed E-state index contributed by atoms with van der Waals surface area (Å²) in [7, 11) is 1.85. The van der Waals surface area contributed by atoms with Crippen LogP contribution in [0.2, 0.25) is 0 Å². The average Bonchev–Trinajstić information content (AvgIpc) is 2.49. The van der Waals surface area contributed by atoms with Gasteiger partial charge in [0.15, 0.2) is 10.6 Å². The summed E-state index contributed by atoms with van der Waals surface area (Å²) in [5.74, 6) is 0.764. The molecule has 0 bridgehead atoms.